The van der Waals surface area contributed by atoms with E-state index in [-0.39, 0.29) is 18.2 Å². The van der Waals surface area contributed by atoms with Gasteiger partial charge in [0.05, 0.1) is 22.8 Å². The van der Waals surface area contributed by atoms with Crippen molar-refractivity contribution in [2.75, 3.05) is 11.9 Å². The fourth-order valence-electron chi connectivity index (χ4n) is 3.12. The summed E-state index contributed by atoms with van der Waals surface area (Å²) in [5, 5.41) is 11.1. The first kappa shape index (κ1) is 21.9. The number of hydrogen-bond acceptors (Lipinski definition) is 6. The third-order valence-corrected chi connectivity index (χ3v) is 6.33. The van der Waals surface area contributed by atoms with Crippen molar-refractivity contribution in [1.82, 2.24) is 15.3 Å². The molecule has 32 heavy (non-hydrogen) atoms. The van der Waals surface area contributed by atoms with Crippen molar-refractivity contribution < 1.29 is 9.59 Å². The van der Waals surface area contributed by atoms with Crippen LogP contribution in [0.4, 0.5) is 5.13 Å². The minimum absolute atomic E-state index is 0.0918. The van der Waals surface area contributed by atoms with E-state index in [1.165, 1.54) is 11.3 Å². The Morgan fingerprint density at radius 1 is 0.938 bits per heavy atom. The van der Waals surface area contributed by atoms with E-state index in [1.807, 2.05) is 25.1 Å². The SMILES string of the molecule is Cc1nc(-c2ccc(CCNC(=O)Cc3csc(NC(=O)c4ccccc4)n3)cc2)cs1. The van der Waals surface area contributed by atoms with Crippen LogP contribution in [0.3, 0.4) is 0 Å². The van der Waals surface area contributed by atoms with Gasteiger partial charge < -0.3 is 5.32 Å². The molecular formula is C24H22N4O2S2. The Morgan fingerprint density at radius 2 is 1.72 bits per heavy atom. The van der Waals surface area contributed by atoms with Gasteiger partial charge in [-0.05, 0) is 31.0 Å². The van der Waals surface area contributed by atoms with E-state index in [2.05, 4.69) is 50.2 Å². The number of carbonyl (C=O) groups is 2. The summed E-state index contributed by atoms with van der Waals surface area (Å²) in [7, 11) is 0. The number of hydrogen-bond donors (Lipinski definition) is 2. The largest absolute Gasteiger partial charge is 0.355 e. The molecule has 0 aliphatic carbocycles. The molecule has 0 saturated heterocycles. The van der Waals surface area contributed by atoms with Crippen LogP contribution in [0.15, 0.2) is 65.4 Å². The number of aromatic nitrogens is 2. The average molecular weight is 463 g/mol. The molecule has 4 aromatic rings. The number of aryl methyl sites for hydroxylation is 1. The normalized spacial score (nSPS) is 10.7. The van der Waals surface area contributed by atoms with E-state index in [9.17, 15) is 9.59 Å². The molecule has 4 rings (SSSR count). The van der Waals surface area contributed by atoms with Crippen LogP contribution in [-0.4, -0.2) is 28.3 Å². The van der Waals surface area contributed by atoms with Gasteiger partial charge in [-0.1, -0.05) is 42.5 Å². The van der Waals surface area contributed by atoms with Crippen LogP contribution >= 0.6 is 22.7 Å². The van der Waals surface area contributed by atoms with Gasteiger partial charge in [-0.15, -0.1) is 22.7 Å². The topological polar surface area (TPSA) is 84.0 Å². The second-order valence-corrected chi connectivity index (χ2v) is 9.11. The third-order valence-electron chi connectivity index (χ3n) is 4.75. The van der Waals surface area contributed by atoms with Crippen LogP contribution in [0.2, 0.25) is 0 Å². The Labute approximate surface area is 194 Å². The summed E-state index contributed by atoms with van der Waals surface area (Å²) < 4.78 is 0. The first-order chi connectivity index (χ1) is 15.6. The molecule has 0 aliphatic rings. The van der Waals surface area contributed by atoms with Gasteiger partial charge in [0.25, 0.3) is 5.91 Å². The van der Waals surface area contributed by atoms with Gasteiger partial charge in [-0.2, -0.15) is 0 Å². The highest BCUT2D eigenvalue weighted by molar-refractivity contribution is 7.14. The molecule has 162 valence electrons. The lowest BCUT2D eigenvalue weighted by molar-refractivity contribution is -0.120. The summed E-state index contributed by atoms with van der Waals surface area (Å²) in [4.78, 5) is 33.3. The lowest BCUT2D eigenvalue weighted by Gasteiger charge is -2.05. The second-order valence-electron chi connectivity index (χ2n) is 7.19. The smallest absolute Gasteiger partial charge is 0.257 e. The lowest BCUT2D eigenvalue weighted by atomic mass is 10.1. The summed E-state index contributed by atoms with van der Waals surface area (Å²) in [6.07, 6.45) is 0.928. The molecule has 0 radical (unpaired) electrons. The van der Waals surface area contributed by atoms with Crippen LogP contribution in [-0.2, 0) is 17.6 Å². The Morgan fingerprint density at radius 3 is 2.44 bits per heavy atom. The van der Waals surface area contributed by atoms with Crippen molar-refractivity contribution in [3.63, 3.8) is 0 Å². The summed E-state index contributed by atoms with van der Waals surface area (Å²) in [5.41, 5.74) is 4.45. The maximum atomic E-state index is 12.3. The van der Waals surface area contributed by atoms with Gasteiger partial charge in [0.2, 0.25) is 5.91 Å². The molecule has 2 amide bonds. The maximum Gasteiger partial charge on any atom is 0.257 e. The fraction of sp³-hybridized carbons (Fsp3) is 0.167. The summed E-state index contributed by atoms with van der Waals surface area (Å²) in [5.74, 6) is -0.308. The van der Waals surface area contributed by atoms with Gasteiger partial charge >= 0.3 is 0 Å². The zero-order valence-corrected chi connectivity index (χ0v) is 19.1. The highest BCUT2D eigenvalue weighted by Gasteiger charge is 2.11. The molecule has 0 unspecified atom stereocenters. The standard InChI is InChI=1S/C24H22N4O2S2/c1-16-26-21(15-31-16)18-9-7-17(8-10-18)11-12-25-22(29)13-20-14-32-24(27-20)28-23(30)19-5-3-2-4-6-19/h2-10,14-15H,11-13H2,1H3,(H,25,29)(H,27,28,30). The van der Waals surface area contributed by atoms with E-state index >= 15 is 0 Å². The molecule has 0 saturated carbocycles. The predicted molar refractivity (Wildman–Crippen MR) is 129 cm³/mol. The zero-order chi connectivity index (χ0) is 22.3. The predicted octanol–water partition coefficient (Wildman–Crippen LogP) is 4.73. The third kappa shape index (κ3) is 5.87. The number of amides is 2. The fourth-order valence-corrected chi connectivity index (χ4v) is 4.44. The summed E-state index contributed by atoms with van der Waals surface area (Å²) in [6, 6.07) is 17.2. The van der Waals surface area contributed by atoms with Crippen molar-refractivity contribution in [2.24, 2.45) is 0 Å². The van der Waals surface area contributed by atoms with Gasteiger partial charge in [-0.25, -0.2) is 9.97 Å². The minimum Gasteiger partial charge on any atom is -0.355 e. The molecule has 2 heterocycles. The quantitative estimate of drug-likeness (QED) is 0.397. The van der Waals surface area contributed by atoms with Gasteiger partial charge in [0.15, 0.2) is 5.13 Å². The molecule has 2 aromatic carbocycles. The highest BCUT2D eigenvalue weighted by atomic mass is 32.1. The Hall–Kier alpha value is -3.36. The molecule has 0 atom stereocenters. The van der Waals surface area contributed by atoms with Gasteiger partial charge in [-0.3, -0.25) is 14.9 Å². The van der Waals surface area contributed by atoms with Crippen LogP contribution in [0.5, 0.6) is 0 Å². The lowest BCUT2D eigenvalue weighted by Crippen LogP contribution is -2.27. The molecule has 0 fully saturated rings. The van der Waals surface area contributed by atoms with E-state index in [0.717, 1.165) is 28.2 Å². The number of nitrogens with one attached hydrogen (secondary N) is 2. The van der Waals surface area contributed by atoms with E-state index in [4.69, 9.17) is 0 Å². The monoisotopic (exact) mass is 462 g/mol. The van der Waals surface area contributed by atoms with Crippen molar-refractivity contribution in [3.8, 4) is 11.3 Å². The number of benzene rings is 2. The van der Waals surface area contributed by atoms with Gasteiger partial charge in [0, 0.05) is 28.4 Å². The molecule has 0 spiro atoms. The van der Waals surface area contributed by atoms with Crippen LogP contribution in [0, 0.1) is 6.92 Å². The Balaban J connectivity index is 1.22. The molecular weight excluding hydrogens is 440 g/mol. The molecule has 2 aromatic heterocycles. The number of carbonyl (C=O) groups excluding carboxylic acids is 2. The number of rotatable bonds is 8. The summed E-state index contributed by atoms with van der Waals surface area (Å²) in [6.45, 7) is 2.55. The molecule has 0 aliphatic heterocycles. The van der Waals surface area contributed by atoms with Gasteiger partial charge in [0.1, 0.15) is 0 Å². The van der Waals surface area contributed by atoms with Crippen molar-refractivity contribution in [2.45, 2.75) is 19.8 Å². The maximum absolute atomic E-state index is 12.3. The Kier molecular flexibility index (Phi) is 7.03. The second kappa shape index (κ2) is 10.3. The Bertz CT molecular complexity index is 1200. The van der Waals surface area contributed by atoms with Crippen molar-refractivity contribution in [3.05, 3.63) is 87.2 Å². The van der Waals surface area contributed by atoms with Crippen LogP contribution < -0.4 is 10.6 Å². The highest BCUT2D eigenvalue weighted by Crippen LogP contribution is 2.22. The first-order valence-electron chi connectivity index (χ1n) is 10.2. The van der Waals surface area contributed by atoms with E-state index in [0.29, 0.717) is 22.9 Å². The first-order valence-corrected chi connectivity index (χ1v) is 11.9. The molecule has 0 bridgehead atoms. The van der Waals surface area contributed by atoms with Crippen molar-refractivity contribution >= 4 is 39.6 Å². The number of nitrogens with zero attached hydrogens (tertiary/aromatic N) is 2. The van der Waals surface area contributed by atoms with Crippen LogP contribution in [0.25, 0.3) is 11.3 Å². The van der Waals surface area contributed by atoms with E-state index in [1.54, 1.807) is 28.8 Å². The van der Waals surface area contributed by atoms with Crippen LogP contribution in [0.1, 0.15) is 26.6 Å². The minimum atomic E-state index is -0.216. The van der Waals surface area contributed by atoms with E-state index < -0.39 is 0 Å². The summed E-state index contributed by atoms with van der Waals surface area (Å²) >= 11 is 2.95. The molecule has 6 nitrogen and oxygen atoms in total. The molecule has 8 heteroatoms. The number of thiazole rings is 2. The average Bonchev–Trinajstić information content (AvgIpc) is 3.43. The zero-order valence-electron chi connectivity index (χ0n) is 17.5. The molecule has 2 N–H and O–H groups in total. The number of anilines is 1. The van der Waals surface area contributed by atoms with Crippen molar-refractivity contribution in [1.29, 1.82) is 0 Å².